The third-order valence-corrected chi connectivity index (χ3v) is 4.00. The van der Waals surface area contributed by atoms with Crippen molar-refractivity contribution >= 4 is 28.9 Å². The van der Waals surface area contributed by atoms with Crippen molar-refractivity contribution in [3.8, 4) is 10.6 Å². The van der Waals surface area contributed by atoms with Gasteiger partial charge in [0.2, 0.25) is 5.91 Å². The van der Waals surface area contributed by atoms with E-state index in [0.29, 0.717) is 18.7 Å². The normalized spacial score (nSPS) is 14.2. The Kier molecular flexibility index (Phi) is 4.19. The number of thiazole rings is 1. The Hall–Kier alpha value is -2.61. The van der Waals surface area contributed by atoms with E-state index in [1.165, 1.54) is 11.3 Å². The monoisotopic (exact) mass is 315 g/mol. The minimum absolute atomic E-state index is 0.169. The van der Waals surface area contributed by atoms with Crippen LogP contribution in [0.15, 0.2) is 35.0 Å². The first-order valence-electron chi connectivity index (χ1n) is 6.71. The average molecular weight is 315 g/mol. The van der Waals surface area contributed by atoms with Gasteiger partial charge in [-0.05, 0) is 12.1 Å². The average Bonchev–Trinajstić information content (AvgIpc) is 3.03. The lowest BCUT2D eigenvalue weighted by Gasteiger charge is -2.11. The van der Waals surface area contributed by atoms with E-state index in [2.05, 4.69) is 25.8 Å². The summed E-state index contributed by atoms with van der Waals surface area (Å²) in [5, 5.41) is 9.27. The van der Waals surface area contributed by atoms with E-state index in [9.17, 15) is 9.59 Å². The van der Waals surface area contributed by atoms with E-state index in [4.69, 9.17) is 0 Å². The molecule has 0 bridgehead atoms. The van der Waals surface area contributed by atoms with Gasteiger partial charge in [-0.3, -0.25) is 14.6 Å². The molecular formula is C14H13N5O2S. The van der Waals surface area contributed by atoms with Crippen molar-refractivity contribution in [3.63, 3.8) is 0 Å². The summed E-state index contributed by atoms with van der Waals surface area (Å²) in [5.74, 6) is -0.451. The molecule has 0 spiro atoms. The van der Waals surface area contributed by atoms with E-state index in [1.807, 2.05) is 17.5 Å². The molecule has 112 valence electrons. The molecule has 0 atom stereocenters. The van der Waals surface area contributed by atoms with Crippen LogP contribution in [0.4, 0.5) is 0 Å². The third kappa shape index (κ3) is 3.34. The van der Waals surface area contributed by atoms with Crippen molar-refractivity contribution in [1.29, 1.82) is 0 Å². The number of hydrogen-bond donors (Lipinski definition) is 2. The number of amides is 2. The second-order valence-corrected chi connectivity index (χ2v) is 5.52. The molecule has 0 aromatic carbocycles. The van der Waals surface area contributed by atoms with Crippen LogP contribution in [-0.2, 0) is 16.1 Å². The van der Waals surface area contributed by atoms with Gasteiger partial charge in [0.05, 0.1) is 12.2 Å². The molecule has 0 radical (unpaired) electrons. The lowest BCUT2D eigenvalue weighted by atomic mass is 10.1. The maximum Gasteiger partial charge on any atom is 0.267 e. The largest absolute Gasteiger partial charge is 0.345 e. The van der Waals surface area contributed by atoms with Crippen LogP contribution in [0, 0.1) is 0 Å². The zero-order valence-corrected chi connectivity index (χ0v) is 12.4. The topological polar surface area (TPSA) is 96.3 Å². The fourth-order valence-corrected chi connectivity index (χ4v) is 2.73. The van der Waals surface area contributed by atoms with Crippen LogP contribution >= 0.6 is 11.3 Å². The van der Waals surface area contributed by atoms with Gasteiger partial charge in [0.25, 0.3) is 5.91 Å². The first kappa shape index (κ1) is 14.3. The summed E-state index contributed by atoms with van der Waals surface area (Å²) in [6.07, 6.45) is 4.10. The maximum atomic E-state index is 11.9. The van der Waals surface area contributed by atoms with Crippen molar-refractivity contribution in [2.45, 2.75) is 19.4 Å². The minimum atomic E-state index is -0.282. The molecule has 3 heterocycles. The van der Waals surface area contributed by atoms with E-state index in [1.54, 1.807) is 12.4 Å². The van der Waals surface area contributed by atoms with Crippen molar-refractivity contribution in [1.82, 2.24) is 20.7 Å². The van der Waals surface area contributed by atoms with Gasteiger partial charge in [-0.1, -0.05) is 0 Å². The van der Waals surface area contributed by atoms with E-state index in [-0.39, 0.29) is 18.2 Å². The predicted molar refractivity (Wildman–Crippen MR) is 82.0 cm³/mol. The van der Waals surface area contributed by atoms with E-state index >= 15 is 0 Å². The minimum Gasteiger partial charge on any atom is -0.345 e. The molecule has 22 heavy (non-hydrogen) atoms. The third-order valence-electron chi connectivity index (χ3n) is 3.06. The second-order valence-electron chi connectivity index (χ2n) is 4.66. The zero-order valence-electron chi connectivity index (χ0n) is 11.6. The summed E-state index contributed by atoms with van der Waals surface area (Å²) in [7, 11) is 0. The Morgan fingerprint density at radius 3 is 3.05 bits per heavy atom. The molecule has 0 saturated carbocycles. The highest BCUT2D eigenvalue weighted by Gasteiger charge is 2.18. The summed E-state index contributed by atoms with van der Waals surface area (Å²) in [4.78, 5) is 31.4. The first-order valence-corrected chi connectivity index (χ1v) is 7.59. The van der Waals surface area contributed by atoms with Gasteiger partial charge >= 0.3 is 0 Å². The number of carbonyl (C=O) groups is 2. The van der Waals surface area contributed by atoms with Gasteiger partial charge in [0.1, 0.15) is 10.7 Å². The molecule has 2 aromatic rings. The molecule has 8 heteroatoms. The molecule has 1 aliphatic rings. The van der Waals surface area contributed by atoms with Crippen LogP contribution in [0.2, 0.25) is 0 Å². The Balaban J connectivity index is 1.59. The second kappa shape index (κ2) is 6.44. The van der Waals surface area contributed by atoms with Gasteiger partial charge in [-0.2, -0.15) is 5.10 Å². The highest BCUT2D eigenvalue weighted by atomic mass is 32.1. The Labute approximate surface area is 130 Å². The highest BCUT2D eigenvalue weighted by Crippen LogP contribution is 2.22. The molecule has 0 saturated heterocycles. The summed E-state index contributed by atoms with van der Waals surface area (Å²) >= 11 is 1.50. The van der Waals surface area contributed by atoms with Crippen LogP contribution < -0.4 is 10.7 Å². The summed E-state index contributed by atoms with van der Waals surface area (Å²) < 4.78 is 0. The van der Waals surface area contributed by atoms with Crippen LogP contribution in [0.25, 0.3) is 10.6 Å². The first-order chi connectivity index (χ1) is 10.7. The SMILES string of the molecule is O=C1CCC(C(=O)NCc2csc(-c3cccnc3)n2)=NN1. The van der Waals surface area contributed by atoms with Crippen molar-refractivity contribution in [2.24, 2.45) is 5.10 Å². The number of nitrogens with one attached hydrogen (secondary N) is 2. The molecule has 7 nitrogen and oxygen atoms in total. The smallest absolute Gasteiger partial charge is 0.267 e. The highest BCUT2D eigenvalue weighted by molar-refractivity contribution is 7.13. The molecule has 0 aliphatic carbocycles. The van der Waals surface area contributed by atoms with Crippen LogP contribution in [-0.4, -0.2) is 27.5 Å². The van der Waals surface area contributed by atoms with Gasteiger partial charge in [-0.25, -0.2) is 10.4 Å². The number of pyridine rings is 1. The fraction of sp³-hybridized carbons (Fsp3) is 0.214. The van der Waals surface area contributed by atoms with E-state index in [0.717, 1.165) is 16.3 Å². The summed E-state index contributed by atoms with van der Waals surface area (Å²) in [6.45, 7) is 0.322. The van der Waals surface area contributed by atoms with Gasteiger partial charge in [-0.15, -0.1) is 11.3 Å². The fourth-order valence-electron chi connectivity index (χ4n) is 1.92. The lowest BCUT2D eigenvalue weighted by Crippen LogP contribution is -2.36. The molecular weight excluding hydrogens is 302 g/mol. The molecule has 2 amide bonds. The number of carbonyl (C=O) groups excluding carboxylic acids is 2. The van der Waals surface area contributed by atoms with Gasteiger partial charge in [0.15, 0.2) is 0 Å². The Morgan fingerprint density at radius 2 is 2.32 bits per heavy atom. The maximum absolute atomic E-state index is 11.9. The molecule has 0 unspecified atom stereocenters. The summed E-state index contributed by atoms with van der Waals surface area (Å²) in [6, 6.07) is 3.79. The molecule has 3 rings (SSSR count). The van der Waals surface area contributed by atoms with Crippen molar-refractivity contribution < 1.29 is 9.59 Å². The number of nitrogens with zero attached hydrogens (tertiary/aromatic N) is 3. The molecule has 0 fully saturated rings. The van der Waals surface area contributed by atoms with Gasteiger partial charge < -0.3 is 5.32 Å². The Morgan fingerprint density at radius 1 is 1.41 bits per heavy atom. The Bertz CT molecular complexity index is 726. The lowest BCUT2D eigenvalue weighted by molar-refractivity contribution is -0.121. The molecule has 2 aromatic heterocycles. The van der Waals surface area contributed by atoms with Crippen molar-refractivity contribution in [2.75, 3.05) is 0 Å². The molecule has 2 N–H and O–H groups in total. The van der Waals surface area contributed by atoms with Crippen LogP contribution in [0.1, 0.15) is 18.5 Å². The number of hydrogen-bond acceptors (Lipinski definition) is 6. The van der Waals surface area contributed by atoms with E-state index < -0.39 is 0 Å². The standard InChI is InChI=1S/C14H13N5O2S/c20-12-4-3-11(18-19-12)13(21)16-7-10-8-22-14(17-10)9-2-1-5-15-6-9/h1-2,5-6,8H,3-4,7H2,(H,16,21)(H,19,20). The quantitative estimate of drug-likeness (QED) is 0.882. The number of hydrazone groups is 1. The predicted octanol–water partition coefficient (Wildman–Crippen LogP) is 1.09. The van der Waals surface area contributed by atoms with Crippen molar-refractivity contribution in [3.05, 3.63) is 35.6 Å². The van der Waals surface area contributed by atoms with Gasteiger partial charge in [0, 0.05) is 36.2 Å². The summed E-state index contributed by atoms with van der Waals surface area (Å²) in [5.41, 5.74) is 4.36. The van der Waals surface area contributed by atoms with Crippen LogP contribution in [0.5, 0.6) is 0 Å². The number of rotatable bonds is 4. The molecule has 1 aliphatic heterocycles. The zero-order chi connectivity index (χ0) is 15.4. The number of aromatic nitrogens is 2. The van der Waals surface area contributed by atoms with Crippen LogP contribution in [0.3, 0.4) is 0 Å².